The number of hydrogen-bond acceptors (Lipinski definition) is 7. The number of unbranched alkanes of at least 4 members (excludes halogenated alkanes) is 10. The van der Waals surface area contributed by atoms with E-state index in [0.29, 0.717) is 6.42 Å². The van der Waals surface area contributed by atoms with Crippen molar-refractivity contribution in [1.29, 1.82) is 0 Å². The molecule has 0 amide bonds. The minimum absolute atomic E-state index is 0. The Morgan fingerprint density at radius 1 is 0.920 bits per heavy atom. The Kier molecular flexibility index (Phi) is 24.8. The van der Waals surface area contributed by atoms with Crippen LogP contribution in [0.25, 0.3) is 0 Å². The van der Waals surface area contributed by atoms with Crippen LogP contribution < -0.4 is 29.6 Å². The van der Waals surface area contributed by atoms with Gasteiger partial charge in [0.1, 0.15) is 0 Å². The van der Waals surface area contributed by atoms with E-state index in [1.54, 1.807) is 0 Å². The van der Waals surface area contributed by atoms with Crippen molar-refractivity contribution in [3.05, 3.63) is 0 Å². The van der Waals surface area contributed by atoms with Gasteiger partial charge in [-0.05, 0) is 6.42 Å². The van der Waals surface area contributed by atoms with Gasteiger partial charge in [-0.1, -0.05) is 71.1 Å². The Bertz CT molecular complexity index is 380. The van der Waals surface area contributed by atoms with Gasteiger partial charge >= 0.3 is 35.5 Å². The van der Waals surface area contributed by atoms with E-state index in [1.165, 1.54) is 64.7 Å². The van der Waals surface area contributed by atoms with Gasteiger partial charge in [-0.25, -0.2) is 0 Å². The van der Waals surface area contributed by atoms with E-state index < -0.39 is 22.7 Å². The van der Waals surface area contributed by atoms with Crippen LogP contribution in [0.4, 0.5) is 0 Å². The van der Waals surface area contributed by atoms with Crippen molar-refractivity contribution in [2.45, 2.75) is 97.2 Å². The number of carbonyl (C=O) groups is 1. The zero-order valence-electron chi connectivity index (χ0n) is 15.9. The summed E-state index contributed by atoms with van der Waals surface area (Å²) in [6.07, 6.45) is 13.8. The number of hydrogen-bond donors (Lipinski definition) is 1. The first-order valence-corrected chi connectivity index (χ1v) is 10.0. The average Bonchev–Trinajstić information content (AvgIpc) is 2.42. The SMILES string of the molecule is CCCCCCCCCCCCCC(O)OC(C)=O.O=S(=O)([O-])[O-].[Na+]. The van der Waals surface area contributed by atoms with Gasteiger partial charge in [0, 0.05) is 23.7 Å². The molecule has 0 bridgehead atoms. The van der Waals surface area contributed by atoms with E-state index in [4.69, 9.17) is 17.5 Å². The molecule has 0 saturated carbocycles. The molecule has 0 rings (SSSR count). The van der Waals surface area contributed by atoms with Gasteiger partial charge in [0.2, 0.25) is 6.29 Å². The molecule has 9 heteroatoms. The summed E-state index contributed by atoms with van der Waals surface area (Å²) in [6.45, 7) is 3.57. The average molecular weight is 391 g/mol. The number of esters is 1. The molecule has 7 nitrogen and oxygen atoms in total. The van der Waals surface area contributed by atoms with Gasteiger partial charge in [-0.15, -0.1) is 0 Å². The summed E-state index contributed by atoms with van der Waals surface area (Å²) in [5.74, 6) is -0.407. The van der Waals surface area contributed by atoms with Crippen molar-refractivity contribution in [3.63, 3.8) is 0 Å². The molecular weight excluding hydrogens is 359 g/mol. The molecule has 1 atom stereocenters. The summed E-state index contributed by atoms with van der Waals surface area (Å²) in [7, 11) is -5.17. The molecule has 0 aliphatic carbocycles. The van der Waals surface area contributed by atoms with Crippen LogP contribution in [-0.2, 0) is 19.9 Å². The predicted molar refractivity (Wildman–Crippen MR) is 89.3 cm³/mol. The summed E-state index contributed by atoms with van der Waals surface area (Å²) in [5, 5.41) is 9.32. The zero-order chi connectivity index (χ0) is 18.8. The molecule has 0 aliphatic heterocycles. The summed E-state index contributed by atoms with van der Waals surface area (Å²) >= 11 is 0. The molecule has 25 heavy (non-hydrogen) atoms. The third-order valence-corrected chi connectivity index (χ3v) is 3.36. The van der Waals surface area contributed by atoms with Gasteiger partial charge in [-0.3, -0.25) is 13.2 Å². The normalized spacial score (nSPS) is 11.7. The second kappa shape index (κ2) is 20.6. The molecule has 1 N–H and O–H groups in total. The Morgan fingerprint density at radius 2 is 1.24 bits per heavy atom. The van der Waals surface area contributed by atoms with E-state index in [1.807, 2.05) is 0 Å². The van der Waals surface area contributed by atoms with Crippen LogP contribution in [0, 0.1) is 0 Å². The molecule has 0 aromatic carbocycles. The van der Waals surface area contributed by atoms with Crippen LogP contribution in [0.2, 0.25) is 0 Å². The minimum Gasteiger partial charge on any atom is -0.759 e. The fourth-order valence-electron chi connectivity index (χ4n) is 2.23. The third-order valence-electron chi connectivity index (χ3n) is 3.36. The molecule has 0 fully saturated rings. The predicted octanol–water partition coefficient (Wildman–Crippen LogP) is 0.235. The van der Waals surface area contributed by atoms with Crippen molar-refractivity contribution in [2.75, 3.05) is 0 Å². The standard InChI is InChI=1S/C16H32O3.Na.H2O4S/c1-3-4-5-6-7-8-9-10-11-12-13-14-16(18)19-15(2)17;;1-5(2,3)4/h16,18H,3-14H2,1-2H3;;(H2,1,2,3,4)/q;+1;/p-2. The molecule has 0 aliphatic rings. The van der Waals surface area contributed by atoms with Gasteiger partial charge < -0.3 is 18.9 Å². The molecule has 0 aromatic heterocycles. The van der Waals surface area contributed by atoms with Gasteiger partial charge in [-0.2, -0.15) is 0 Å². The van der Waals surface area contributed by atoms with Crippen LogP contribution in [0.1, 0.15) is 90.9 Å². The first-order valence-electron chi connectivity index (χ1n) is 8.68. The van der Waals surface area contributed by atoms with Crippen LogP contribution in [0.3, 0.4) is 0 Å². The van der Waals surface area contributed by atoms with E-state index in [-0.39, 0.29) is 29.6 Å². The largest absolute Gasteiger partial charge is 1.00 e. The minimum atomic E-state index is -5.17. The number of ether oxygens (including phenoxy) is 1. The first kappa shape index (κ1) is 30.0. The summed E-state index contributed by atoms with van der Waals surface area (Å²) < 4.78 is 38.7. The Morgan fingerprint density at radius 3 is 1.56 bits per heavy atom. The van der Waals surface area contributed by atoms with Gasteiger partial charge in [0.25, 0.3) is 0 Å². The number of carbonyl (C=O) groups excluding carboxylic acids is 1. The van der Waals surface area contributed by atoms with Gasteiger partial charge in [0.15, 0.2) is 0 Å². The molecule has 1 unspecified atom stereocenters. The molecule has 0 aromatic rings. The van der Waals surface area contributed by atoms with E-state index in [9.17, 15) is 9.90 Å². The van der Waals surface area contributed by atoms with E-state index in [0.717, 1.165) is 12.8 Å². The Hall–Kier alpha value is 0.300. The third kappa shape index (κ3) is 40.4. The van der Waals surface area contributed by atoms with Crippen LogP contribution in [0.15, 0.2) is 0 Å². The van der Waals surface area contributed by atoms with Crippen LogP contribution in [-0.4, -0.2) is 34.9 Å². The van der Waals surface area contributed by atoms with Gasteiger partial charge in [0.05, 0.1) is 0 Å². The fourth-order valence-corrected chi connectivity index (χ4v) is 2.23. The number of aliphatic hydroxyl groups is 1. The number of aliphatic hydroxyl groups excluding tert-OH is 1. The Labute approximate surface area is 174 Å². The Balaban J connectivity index is -0.000000704. The van der Waals surface area contributed by atoms with Crippen molar-refractivity contribution in [1.82, 2.24) is 0 Å². The number of rotatable bonds is 13. The second-order valence-corrected chi connectivity index (χ2v) is 6.61. The quantitative estimate of drug-likeness (QED) is 0.119. The maximum Gasteiger partial charge on any atom is 1.00 e. The molecule has 0 spiro atoms. The van der Waals surface area contributed by atoms with Crippen molar-refractivity contribution < 1.29 is 61.7 Å². The smallest absolute Gasteiger partial charge is 0.759 e. The van der Waals surface area contributed by atoms with Crippen molar-refractivity contribution in [2.24, 2.45) is 0 Å². The molecule has 0 heterocycles. The maximum atomic E-state index is 10.6. The first-order chi connectivity index (χ1) is 11.2. The van der Waals surface area contributed by atoms with E-state index >= 15 is 0 Å². The van der Waals surface area contributed by atoms with Crippen LogP contribution in [0.5, 0.6) is 0 Å². The molecule has 0 saturated heterocycles. The summed E-state index contributed by atoms with van der Waals surface area (Å²) in [4.78, 5) is 10.6. The molecule has 146 valence electrons. The zero-order valence-corrected chi connectivity index (χ0v) is 18.7. The maximum absolute atomic E-state index is 10.6. The van der Waals surface area contributed by atoms with Crippen LogP contribution >= 0.6 is 0 Å². The van der Waals surface area contributed by atoms with Crippen molar-refractivity contribution >= 4 is 16.4 Å². The second-order valence-electron chi connectivity index (χ2n) is 5.80. The monoisotopic (exact) mass is 391 g/mol. The van der Waals surface area contributed by atoms with E-state index in [2.05, 4.69) is 11.7 Å². The summed E-state index contributed by atoms with van der Waals surface area (Å²) in [6, 6.07) is 0. The fraction of sp³-hybridized carbons (Fsp3) is 0.938. The molecular formula is C16H32NaO7S-. The van der Waals surface area contributed by atoms with Crippen molar-refractivity contribution in [3.8, 4) is 0 Å². The molecule has 0 radical (unpaired) electrons. The topological polar surface area (TPSA) is 127 Å². The summed E-state index contributed by atoms with van der Waals surface area (Å²) in [5.41, 5.74) is 0.